The van der Waals surface area contributed by atoms with Gasteiger partial charge in [-0.1, -0.05) is 146 Å². The van der Waals surface area contributed by atoms with E-state index in [1.165, 1.54) is 12.1 Å². The molecule has 0 spiro atoms. The maximum absolute atomic E-state index is 12.1. The van der Waals surface area contributed by atoms with E-state index in [-0.39, 0.29) is 16.9 Å². The molecule has 0 aliphatic heterocycles. The summed E-state index contributed by atoms with van der Waals surface area (Å²) in [6.45, 7) is 0. The summed E-state index contributed by atoms with van der Waals surface area (Å²) in [7, 11) is 1.65. The summed E-state index contributed by atoms with van der Waals surface area (Å²) in [6, 6.07) is 50.9. The van der Waals surface area contributed by atoms with Crippen LogP contribution in [0.2, 0.25) is 0 Å². The Labute approximate surface area is 318 Å². The fourth-order valence-corrected chi connectivity index (χ4v) is 6.07. The molecule has 0 atom stereocenters. The summed E-state index contributed by atoms with van der Waals surface area (Å²) >= 11 is 0. The van der Waals surface area contributed by atoms with Crippen LogP contribution in [0.4, 0.5) is 0 Å². The van der Waals surface area contributed by atoms with Gasteiger partial charge in [-0.3, -0.25) is 4.79 Å². The number of carboxylic acids is 3. The number of ether oxygens (including phenoxy) is 1. The minimum atomic E-state index is -1.09. The lowest BCUT2D eigenvalue weighted by molar-refractivity contribution is 0.0684. The van der Waals surface area contributed by atoms with E-state index in [1.54, 1.807) is 73.8 Å². The number of carbonyl (C=O) groups is 4. The molecule has 0 bridgehead atoms. The van der Waals surface area contributed by atoms with E-state index < -0.39 is 17.9 Å². The number of hydrogen-bond donors (Lipinski definition) is 3. The van der Waals surface area contributed by atoms with Crippen molar-refractivity contribution in [3.63, 3.8) is 0 Å². The van der Waals surface area contributed by atoms with Gasteiger partial charge >= 0.3 is 17.9 Å². The molecule has 55 heavy (non-hydrogen) atoms. The van der Waals surface area contributed by atoms with Crippen molar-refractivity contribution < 1.29 is 39.2 Å². The molecule has 0 aromatic heterocycles. The van der Waals surface area contributed by atoms with E-state index in [0.29, 0.717) is 29.5 Å². The van der Waals surface area contributed by atoms with Crippen LogP contribution in [0.1, 0.15) is 69.2 Å². The van der Waals surface area contributed by atoms with Crippen LogP contribution in [-0.4, -0.2) is 46.1 Å². The first-order valence-corrected chi connectivity index (χ1v) is 17.3. The van der Waals surface area contributed by atoms with Gasteiger partial charge in [-0.15, -0.1) is 0 Å². The van der Waals surface area contributed by atoms with Crippen molar-refractivity contribution in [2.75, 3.05) is 7.11 Å². The van der Waals surface area contributed by atoms with Gasteiger partial charge in [0.1, 0.15) is 5.75 Å². The maximum Gasteiger partial charge on any atom is 0.336 e. The van der Waals surface area contributed by atoms with Gasteiger partial charge < -0.3 is 20.1 Å². The number of rotatable bonds is 10. The van der Waals surface area contributed by atoms with Gasteiger partial charge in [0, 0.05) is 16.5 Å². The number of hydrogen-bond acceptors (Lipinski definition) is 5. The van der Waals surface area contributed by atoms with Crippen molar-refractivity contribution in [2.24, 2.45) is 0 Å². The summed E-state index contributed by atoms with van der Waals surface area (Å²) in [5.74, 6) is -2.31. The predicted molar refractivity (Wildman–Crippen MR) is 213 cm³/mol. The smallest absolute Gasteiger partial charge is 0.336 e. The number of carbonyl (C=O) groups excluding carboxylic acids is 1. The zero-order chi connectivity index (χ0) is 39.2. The first-order valence-electron chi connectivity index (χ1n) is 17.3. The number of methoxy groups -OCH3 is 1. The van der Waals surface area contributed by atoms with Crippen molar-refractivity contribution in [3.8, 4) is 5.75 Å². The summed E-state index contributed by atoms with van der Waals surface area (Å²) in [5, 5.41) is 29.5. The van der Waals surface area contributed by atoms with E-state index in [0.717, 1.165) is 38.8 Å². The minimum absolute atomic E-state index is 0.0290. The topological polar surface area (TPSA) is 138 Å². The third-order valence-electron chi connectivity index (χ3n) is 8.75. The van der Waals surface area contributed by atoms with Crippen LogP contribution in [-0.2, 0) is 12.8 Å². The molecule has 0 amide bonds. The Morgan fingerprint density at radius 1 is 0.418 bits per heavy atom. The van der Waals surface area contributed by atoms with E-state index in [4.69, 9.17) is 14.9 Å². The van der Waals surface area contributed by atoms with Crippen LogP contribution in [0.25, 0.3) is 10.8 Å². The summed E-state index contributed by atoms with van der Waals surface area (Å²) < 4.78 is 5.40. The van der Waals surface area contributed by atoms with Gasteiger partial charge in [0.25, 0.3) is 0 Å². The van der Waals surface area contributed by atoms with Crippen molar-refractivity contribution in [1.82, 2.24) is 0 Å². The van der Waals surface area contributed by atoms with Gasteiger partial charge in [0.2, 0.25) is 0 Å². The molecular weight excluding hydrogens is 693 g/mol. The molecule has 0 heterocycles. The largest absolute Gasteiger partial charge is 0.496 e. The molecule has 7 rings (SSSR count). The lowest BCUT2D eigenvalue weighted by atomic mass is 9.95. The average molecular weight is 731 g/mol. The van der Waals surface area contributed by atoms with Crippen LogP contribution in [0.3, 0.4) is 0 Å². The Morgan fingerprint density at radius 3 is 1.40 bits per heavy atom. The molecule has 7 aromatic carbocycles. The Morgan fingerprint density at radius 2 is 0.855 bits per heavy atom. The van der Waals surface area contributed by atoms with Crippen LogP contribution in [0.5, 0.6) is 5.75 Å². The molecular formula is C47H38O8. The zero-order valence-corrected chi connectivity index (χ0v) is 30.0. The Balaban J connectivity index is 0.000000161. The van der Waals surface area contributed by atoms with Crippen molar-refractivity contribution in [3.05, 3.63) is 220 Å². The molecule has 0 radical (unpaired) electrons. The van der Waals surface area contributed by atoms with Gasteiger partial charge in [-0.25, -0.2) is 14.4 Å². The van der Waals surface area contributed by atoms with Gasteiger partial charge in [-0.2, -0.15) is 0 Å². The fourth-order valence-electron chi connectivity index (χ4n) is 6.07. The molecule has 0 aliphatic rings. The predicted octanol–water partition coefficient (Wildman–Crippen LogP) is 9.73. The number of benzene rings is 7. The second-order valence-corrected chi connectivity index (χ2v) is 12.3. The number of aromatic carboxylic acids is 3. The molecule has 0 saturated heterocycles. The number of fused-ring (bicyclic) bond motifs is 1. The fraction of sp³-hybridized carbons (Fsp3) is 0.0638. The molecule has 0 saturated carbocycles. The zero-order valence-electron chi connectivity index (χ0n) is 30.0. The van der Waals surface area contributed by atoms with E-state index in [1.807, 2.05) is 91.0 Å². The number of carboxylic acid groups (broad SMARTS) is 3. The van der Waals surface area contributed by atoms with E-state index in [9.17, 15) is 24.3 Å². The third-order valence-corrected chi connectivity index (χ3v) is 8.75. The van der Waals surface area contributed by atoms with Crippen molar-refractivity contribution in [2.45, 2.75) is 12.8 Å². The van der Waals surface area contributed by atoms with Gasteiger partial charge in [0.15, 0.2) is 5.78 Å². The molecule has 3 N–H and O–H groups in total. The summed E-state index contributed by atoms with van der Waals surface area (Å²) in [4.78, 5) is 45.5. The molecule has 0 unspecified atom stereocenters. The highest BCUT2D eigenvalue weighted by Gasteiger charge is 2.17. The maximum atomic E-state index is 12.1. The first kappa shape index (κ1) is 38.9. The lowest BCUT2D eigenvalue weighted by Gasteiger charge is -2.12. The summed E-state index contributed by atoms with van der Waals surface area (Å²) in [6.07, 6.45) is 1.23. The molecule has 7 aromatic rings. The molecule has 8 nitrogen and oxygen atoms in total. The van der Waals surface area contributed by atoms with Gasteiger partial charge in [0.05, 0.1) is 23.8 Å². The SMILES string of the molecule is COc1ccc(Cc2ccccc2C(=O)O)c2ccccc12.O=C(O)c1ccccc1C(=O)c1ccccc1.O=C(O)c1ccccc1Cc1ccccc1. The normalized spacial score (nSPS) is 10.2. The first-order chi connectivity index (χ1) is 26.7. The van der Waals surface area contributed by atoms with Crippen LogP contribution in [0.15, 0.2) is 170 Å². The average Bonchev–Trinajstić information content (AvgIpc) is 3.22. The second kappa shape index (κ2) is 19.0. The van der Waals surface area contributed by atoms with E-state index >= 15 is 0 Å². The Kier molecular flexibility index (Phi) is 13.4. The lowest BCUT2D eigenvalue weighted by Crippen LogP contribution is -2.09. The van der Waals surface area contributed by atoms with Gasteiger partial charge in [-0.05, 0) is 64.7 Å². The van der Waals surface area contributed by atoms with Crippen molar-refractivity contribution >= 4 is 34.5 Å². The highest BCUT2D eigenvalue weighted by atomic mass is 16.5. The Bertz CT molecular complexity index is 2420. The molecule has 0 aliphatic carbocycles. The molecule has 274 valence electrons. The van der Waals surface area contributed by atoms with Crippen LogP contribution < -0.4 is 4.74 Å². The highest BCUT2D eigenvalue weighted by Crippen LogP contribution is 2.30. The molecule has 0 fully saturated rings. The second-order valence-electron chi connectivity index (χ2n) is 12.3. The highest BCUT2D eigenvalue weighted by molar-refractivity contribution is 6.14. The standard InChI is InChI=1S/C19H16O3.C14H10O3.C14H12O2/c1-22-18-11-10-14(15-7-4-5-9-17(15)18)12-13-6-2-3-8-16(13)19(20)21;15-13(10-6-2-1-3-7-10)11-8-4-5-9-12(11)14(16)17;15-14(16)13-9-5-4-8-12(13)10-11-6-2-1-3-7-11/h2-11H,12H2,1H3,(H,20,21);1-9H,(H,16,17);1-9H,10H2,(H,15,16). The number of ketones is 1. The monoisotopic (exact) mass is 730 g/mol. The van der Waals surface area contributed by atoms with E-state index in [2.05, 4.69) is 0 Å². The molecule has 8 heteroatoms. The van der Waals surface area contributed by atoms with Crippen molar-refractivity contribution in [1.29, 1.82) is 0 Å². The third kappa shape index (κ3) is 10.2. The Hall–Kier alpha value is -7.32. The minimum Gasteiger partial charge on any atom is -0.496 e. The van der Waals surface area contributed by atoms with Crippen LogP contribution >= 0.6 is 0 Å². The summed E-state index contributed by atoms with van der Waals surface area (Å²) in [5.41, 5.74) is 5.33. The quantitative estimate of drug-likeness (QED) is 0.118. The van der Waals surface area contributed by atoms with Crippen LogP contribution in [0, 0.1) is 0 Å².